The van der Waals surface area contributed by atoms with Gasteiger partial charge < -0.3 is 14.2 Å². The van der Waals surface area contributed by atoms with Crippen molar-refractivity contribution in [1.29, 1.82) is 0 Å². The second-order valence-electron chi connectivity index (χ2n) is 8.94. The van der Waals surface area contributed by atoms with Gasteiger partial charge in [0.2, 0.25) is 11.8 Å². The summed E-state index contributed by atoms with van der Waals surface area (Å²) < 4.78 is 34.8. The van der Waals surface area contributed by atoms with Crippen LogP contribution in [-0.2, 0) is 9.84 Å². The Morgan fingerprint density at radius 3 is 2.65 bits per heavy atom. The summed E-state index contributed by atoms with van der Waals surface area (Å²) in [6.07, 6.45) is 6.01. The predicted molar refractivity (Wildman–Crippen MR) is 117 cm³/mol. The average molecular weight is 449 g/mol. The van der Waals surface area contributed by atoms with Gasteiger partial charge in [0.1, 0.15) is 0 Å². The van der Waals surface area contributed by atoms with Gasteiger partial charge in [-0.1, -0.05) is 20.8 Å². The maximum atomic E-state index is 11.8. The van der Waals surface area contributed by atoms with Crippen LogP contribution in [0.1, 0.15) is 58.3 Å². The van der Waals surface area contributed by atoms with Gasteiger partial charge in [-0.2, -0.15) is 4.98 Å². The molecule has 0 radical (unpaired) electrons. The molecule has 1 aliphatic heterocycles. The second kappa shape index (κ2) is 9.14. The van der Waals surface area contributed by atoms with Gasteiger partial charge in [0.25, 0.3) is 5.95 Å². The summed E-state index contributed by atoms with van der Waals surface area (Å²) >= 11 is 0. The highest BCUT2D eigenvalue weighted by Gasteiger charge is 2.43. The number of pyridine rings is 1. The van der Waals surface area contributed by atoms with Crippen LogP contribution in [0, 0.1) is 17.8 Å². The molecule has 2 fully saturated rings. The summed E-state index contributed by atoms with van der Waals surface area (Å²) in [6, 6.07) is 3.22. The van der Waals surface area contributed by atoms with Crippen molar-refractivity contribution >= 4 is 15.8 Å². The molecule has 0 aromatic carbocycles. The summed E-state index contributed by atoms with van der Waals surface area (Å²) in [7, 11) is -3.22. The van der Waals surface area contributed by atoms with E-state index in [0.717, 1.165) is 37.3 Å². The van der Waals surface area contributed by atoms with Crippen LogP contribution in [0.15, 0.2) is 27.7 Å². The van der Waals surface area contributed by atoms with Crippen molar-refractivity contribution in [2.24, 2.45) is 17.8 Å². The number of rotatable bonds is 9. The molecule has 8 nitrogen and oxygen atoms in total. The van der Waals surface area contributed by atoms with Gasteiger partial charge in [0.15, 0.2) is 9.84 Å². The number of nitrogens with zero attached hydrogens (tertiary/aromatic N) is 4. The van der Waals surface area contributed by atoms with Crippen LogP contribution in [0.3, 0.4) is 0 Å². The summed E-state index contributed by atoms with van der Waals surface area (Å²) in [5.41, 5.74) is 0. The van der Waals surface area contributed by atoms with Crippen LogP contribution in [-0.4, -0.2) is 49.0 Å². The van der Waals surface area contributed by atoms with Gasteiger partial charge in [-0.3, -0.25) is 0 Å². The first-order chi connectivity index (χ1) is 14.9. The zero-order chi connectivity index (χ0) is 22.0. The third-order valence-electron chi connectivity index (χ3n) is 6.52. The molecule has 1 saturated heterocycles. The molecule has 1 saturated carbocycles. The predicted octanol–water partition coefficient (Wildman–Crippen LogP) is 3.70. The van der Waals surface area contributed by atoms with E-state index >= 15 is 0 Å². The number of hydrogen-bond donors (Lipinski definition) is 0. The highest BCUT2D eigenvalue weighted by atomic mass is 32.2. The Morgan fingerprint density at radius 1 is 1.26 bits per heavy atom. The number of ether oxygens (including phenoxy) is 1. The minimum atomic E-state index is -3.22. The van der Waals surface area contributed by atoms with Crippen molar-refractivity contribution in [3.63, 3.8) is 0 Å². The second-order valence-corrected chi connectivity index (χ2v) is 11.2. The third kappa shape index (κ3) is 5.19. The maximum Gasteiger partial charge on any atom is 0.266 e. The van der Waals surface area contributed by atoms with Crippen molar-refractivity contribution in [2.45, 2.75) is 57.3 Å². The molecule has 4 rings (SSSR count). The SMILES string of the molecule is CCS(=O)(=O)c1ccc(OCC[C@@H]2C[C@@H]2C2CCN(c3noc(C(C)C)n3)CC2)nc1. The zero-order valence-electron chi connectivity index (χ0n) is 18.5. The Balaban J connectivity index is 1.17. The quantitative estimate of drug-likeness (QED) is 0.573. The highest BCUT2D eigenvalue weighted by Crippen LogP contribution is 2.49. The van der Waals surface area contributed by atoms with E-state index in [1.807, 2.05) is 0 Å². The largest absolute Gasteiger partial charge is 0.478 e. The lowest BCUT2D eigenvalue weighted by molar-refractivity contribution is 0.275. The van der Waals surface area contributed by atoms with Gasteiger partial charge >= 0.3 is 0 Å². The number of piperidine rings is 1. The zero-order valence-corrected chi connectivity index (χ0v) is 19.3. The molecule has 170 valence electrons. The van der Waals surface area contributed by atoms with Gasteiger partial charge in [-0.05, 0) is 54.7 Å². The molecule has 0 unspecified atom stereocenters. The van der Waals surface area contributed by atoms with Crippen molar-refractivity contribution in [3.8, 4) is 5.88 Å². The van der Waals surface area contributed by atoms with Crippen LogP contribution in [0.25, 0.3) is 0 Å². The summed E-state index contributed by atoms with van der Waals surface area (Å²) in [6.45, 7) is 8.33. The van der Waals surface area contributed by atoms with E-state index in [9.17, 15) is 8.42 Å². The number of aromatic nitrogens is 3. The molecule has 1 aliphatic carbocycles. The van der Waals surface area contributed by atoms with Crippen LogP contribution >= 0.6 is 0 Å². The minimum Gasteiger partial charge on any atom is -0.478 e. The summed E-state index contributed by atoms with van der Waals surface area (Å²) in [5.74, 6) is 4.51. The Labute approximate surface area is 184 Å². The van der Waals surface area contributed by atoms with Gasteiger partial charge in [-0.15, -0.1) is 0 Å². The average Bonchev–Trinajstić information content (AvgIpc) is 3.37. The molecule has 2 aromatic rings. The monoisotopic (exact) mass is 448 g/mol. The topological polar surface area (TPSA) is 98.4 Å². The Hall–Kier alpha value is -2.16. The normalized spacial score (nSPS) is 22.1. The Kier molecular flexibility index (Phi) is 6.50. The van der Waals surface area contributed by atoms with Crippen molar-refractivity contribution in [3.05, 3.63) is 24.2 Å². The molecule has 2 aromatic heterocycles. The lowest BCUT2D eigenvalue weighted by Crippen LogP contribution is -2.35. The first-order valence-electron chi connectivity index (χ1n) is 11.3. The van der Waals surface area contributed by atoms with Crippen molar-refractivity contribution in [2.75, 3.05) is 30.3 Å². The first-order valence-corrected chi connectivity index (χ1v) is 12.9. The molecule has 0 spiro atoms. The van der Waals surface area contributed by atoms with Crippen LogP contribution < -0.4 is 9.64 Å². The fourth-order valence-electron chi connectivity index (χ4n) is 4.42. The van der Waals surface area contributed by atoms with Gasteiger partial charge in [0.05, 0.1) is 17.3 Å². The van der Waals surface area contributed by atoms with E-state index in [1.165, 1.54) is 25.5 Å². The fraction of sp³-hybridized carbons (Fsp3) is 0.682. The lowest BCUT2D eigenvalue weighted by atomic mass is 9.90. The number of sulfone groups is 1. The molecule has 0 amide bonds. The standard InChI is InChI=1S/C22H32N4O4S/c1-4-31(27,28)18-5-6-20(23-14-18)29-12-9-17-13-19(17)16-7-10-26(11-8-16)22-24-21(15(2)3)30-25-22/h5-6,14-17,19H,4,7-13H2,1-3H3/t17-,19-/m1/s1. The molecule has 2 atom stereocenters. The van der Waals surface area contributed by atoms with E-state index in [-0.39, 0.29) is 16.6 Å². The molecule has 3 heterocycles. The molecular weight excluding hydrogens is 416 g/mol. The molecule has 0 bridgehead atoms. The van der Waals surface area contributed by atoms with Gasteiger partial charge in [-0.25, -0.2) is 13.4 Å². The smallest absolute Gasteiger partial charge is 0.266 e. The van der Waals surface area contributed by atoms with Gasteiger partial charge in [0, 0.05) is 31.3 Å². The van der Waals surface area contributed by atoms with Crippen molar-refractivity contribution in [1.82, 2.24) is 15.1 Å². The van der Waals surface area contributed by atoms with Crippen molar-refractivity contribution < 1.29 is 17.7 Å². The van der Waals surface area contributed by atoms with E-state index in [2.05, 4.69) is 33.9 Å². The minimum absolute atomic E-state index is 0.0744. The highest BCUT2D eigenvalue weighted by molar-refractivity contribution is 7.91. The summed E-state index contributed by atoms with van der Waals surface area (Å²) in [5, 5.41) is 4.14. The summed E-state index contributed by atoms with van der Waals surface area (Å²) in [4.78, 5) is 11.1. The molecule has 31 heavy (non-hydrogen) atoms. The van der Waals surface area contributed by atoms with E-state index in [0.29, 0.717) is 24.3 Å². The van der Waals surface area contributed by atoms with Crippen LogP contribution in [0.5, 0.6) is 5.88 Å². The molecule has 2 aliphatic rings. The number of hydrogen-bond acceptors (Lipinski definition) is 8. The third-order valence-corrected chi connectivity index (χ3v) is 8.24. The number of anilines is 1. The van der Waals surface area contributed by atoms with E-state index in [4.69, 9.17) is 9.26 Å². The lowest BCUT2D eigenvalue weighted by Gasteiger charge is -2.31. The molecule has 9 heteroatoms. The molecule has 0 N–H and O–H groups in total. The maximum absolute atomic E-state index is 11.8. The Morgan fingerprint density at radius 2 is 2.03 bits per heavy atom. The Bertz CT molecular complexity index is 966. The van der Waals surface area contributed by atoms with E-state index in [1.54, 1.807) is 19.1 Å². The first kappa shape index (κ1) is 22.0. The van der Waals surface area contributed by atoms with E-state index < -0.39 is 9.84 Å². The fourth-order valence-corrected chi connectivity index (χ4v) is 5.24. The molecular formula is C22H32N4O4S. The van der Waals surface area contributed by atoms with Crippen LogP contribution in [0.4, 0.5) is 5.95 Å². The van der Waals surface area contributed by atoms with Crippen LogP contribution in [0.2, 0.25) is 0 Å².